The standard InChI is InChI=1S/C22H30N2OP.C6H12O.C5H10.3CHO.2CH3.BrH.Fe.Mn/c1-15-12-19(13-16(2)22(15)25-4)26-21-10-7-9-20(21)17(3)24-14-18-8-5-6-11-23-18;1-4-6(5-2)7-3;1-2-4-5-3-1;3*1-2;;;;;/h5-6,8,11-13,17,20-21,26H,7,9-10,14H2,1-4H3;4H,5H2,1-3H3;1-5H2;3*1H;2*1H3;1H;;/q-1;;;5*-1;;+2;/p-1/b;6-4-;;;;;;;;;/t17-,20?,21?;;;;;;;;;;/m1........../s1. The largest absolute Gasteiger partial charge is 2.00 e. The van der Waals surface area contributed by atoms with Crippen LogP contribution in [0.1, 0.15) is 95.4 Å². The normalized spacial score (nSPS) is 15.7. The molecule has 1 aromatic heterocycles. The van der Waals surface area contributed by atoms with Crippen molar-refractivity contribution in [2.45, 2.75) is 111 Å². The number of hydrogen-bond donors (Lipinski definition) is 0. The minimum absolute atomic E-state index is 0. The number of aromatic nitrogens is 1. The van der Waals surface area contributed by atoms with Crippen molar-refractivity contribution in [3.05, 3.63) is 85.4 Å². The van der Waals surface area contributed by atoms with E-state index in [0.29, 0.717) is 12.0 Å². The van der Waals surface area contributed by atoms with Gasteiger partial charge in [-0.15, -0.1) is 12.6 Å². The summed E-state index contributed by atoms with van der Waals surface area (Å²) in [5, 5.41) is 6.42. The Balaban J connectivity index is -0.000000129. The van der Waals surface area contributed by atoms with Crippen LogP contribution in [0.2, 0.25) is 0 Å². The maximum Gasteiger partial charge on any atom is 2.00 e. The number of benzene rings is 1. The number of carbonyl (C=O) groups excluding carboxylic acids is 3. The average Bonchev–Trinajstić information content (AvgIpc) is 3.81. The third kappa shape index (κ3) is 27.0. The van der Waals surface area contributed by atoms with Crippen LogP contribution in [-0.2, 0) is 59.8 Å². The number of rotatable bonds is 9. The van der Waals surface area contributed by atoms with Crippen molar-refractivity contribution in [2.75, 3.05) is 14.2 Å². The molecule has 4 atom stereocenters. The molecular formula is C38H61BrFeMnN2O5P-5. The maximum absolute atomic E-state index is 7.75. The summed E-state index contributed by atoms with van der Waals surface area (Å²) in [5.74, 6) is 2.78. The summed E-state index contributed by atoms with van der Waals surface area (Å²) in [4.78, 5) is 27.6. The molecule has 1 aromatic carbocycles. The molecule has 7 nitrogen and oxygen atoms in total. The van der Waals surface area contributed by atoms with Gasteiger partial charge in [-0.25, -0.2) is 0 Å². The van der Waals surface area contributed by atoms with Crippen molar-refractivity contribution in [3.63, 3.8) is 0 Å². The molecule has 11 heteroatoms. The second kappa shape index (κ2) is 42.8. The molecular weight excluding hydrogens is 786 g/mol. The van der Waals surface area contributed by atoms with E-state index in [1.165, 1.54) is 67.8 Å². The molecule has 0 saturated heterocycles. The quantitative estimate of drug-likeness (QED) is 0.0994. The fraction of sp³-hybridized carbons (Fsp3) is 0.526. The first-order chi connectivity index (χ1) is 21.4. The van der Waals surface area contributed by atoms with Crippen LogP contribution < -0.4 is 27.0 Å². The van der Waals surface area contributed by atoms with Gasteiger partial charge in [0, 0.05) is 35.4 Å². The van der Waals surface area contributed by atoms with Gasteiger partial charge in [0.2, 0.25) is 0 Å². The molecule has 1 radical (unpaired) electrons. The van der Waals surface area contributed by atoms with E-state index in [9.17, 15) is 0 Å². The number of nitrogens with zero attached hydrogens (tertiary/aromatic N) is 2. The summed E-state index contributed by atoms with van der Waals surface area (Å²) >= 11 is 0. The Labute approximate surface area is 334 Å². The maximum atomic E-state index is 7.75. The zero-order chi connectivity index (χ0) is 33.8. The first-order valence-electron chi connectivity index (χ1n) is 15.3. The molecule has 0 aliphatic heterocycles. The Bertz CT molecular complexity index is 982. The van der Waals surface area contributed by atoms with Crippen LogP contribution in [0, 0.1) is 34.6 Å². The van der Waals surface area contributed by atoms with E-state index in [0.717, 1.165) is 44.4 Å². The topological polar surface area (TPSA) is 96.7 Å². The molecule has 2 saturated carbocycles. The Morgan fingerprint density at radius 2 is 1.47 bits per heavy atom. The predicted molar refractivity (Wildman–Crippen MR) is 200 cm³/mol. The third-order valence-electron chi connectivity index (χ3n) is 7.66. The fourth-order valence-corrected chi connectivity index (χ4v) is 7.57. The molecule has 49 heavy (non-hydrogen) atoms. The minimum Gasteiger partial charge on any atom is -1.00 e. The van der Waals surface area contributed by atoms with Crippen LogP contribution in [-0.4, -0.2) is 51.3 Å². The summed E-state index contributed by atoms with van der Waals surface area (Å²) in [6.45, 7) is 21.1. The Kier molecular flexibility index (Phi) is 54.8. The molecule has 0 bridgehead atoms. The van der Waals surface area contributed by atoms with Crippen LogP contribution >= 0.6 is 8.58 Å². The summed E-state index contributed by atoms with van der Waals surface area (Å²) in [6.07, 6.45) is 16.3. The number of aryl methyl sites for hydroxylation is 2. The molecule has 285 valence electrons. The average molecular weight is 848 g/mol. The van der Waals surface area contributed by atoms with Crippen LogP contribution in [0.5, 0.6) is 5.75 Å². The fourth-order valence-electron chi connectivity index (χ4n) is 5.53. The first-order valence-corrected chi connectivity index (χ1v) is 16.4. The van der Waals surface area contributed by atoms with Gasteiger partial charge in [-0.1, -0.05) is 79.4 Å². The van der Waals surface area contributed by atoms with Gasteiger partial charge in [0.1, 0.15) is 5.75 Å². The number of halogens is 1. The summed E-state index contributed by atoms with van der Waals surface area (Å²) in [5.41, 5.74) is 4.32. The van der Waals surface area contributed by atoms with Crippen molar-refractivity contribution < 1.29 is 75.0 Å². The van der Waals surface area contributed by atoms with E-state index in [-0.39, 0.29) is 66.0 Å². The van der Waals surface area contributed by atoms with Crippen LogP contribution in [0.4, 0.5) is 0 Å². The zero-order valence-corrected chi connectivity index (χ0v) is 36.0. The van der Waals surface area contributed by atoms with E-state index in [4.69, 9.17) is 29.2 Å². The molecule has 2 aliphatic rings. The van der Waals surface area contributed by atoms with Crippen molar-refractivity contribution in [3.8, 4) is 5.75 Å². The van der Waals surface area contributed by atoms with E-state index in [1.54, 1.807) is 14.2 Å². The molecule has 2 aromatic rings. The molecule has 3 unspecified atom stereocenters. The Hall–Kier alpha value is -1.37. The van der Waals surface area contributed by atoms with Gasteiger partial charge in [-0.3, -0.25) is 25.4 Å². The number of ether oxygens (including phenoxy) is 2. The van der Waals surface area contributed by atoms with E-state index < -0.39 is 0 Å². The van der Waals surface area contributed by atoms with Gasteiger partial charge in [-0.05, 0) is 79.6 Å². The second-order valence-electron chi connectivity index (χ2n) is 10.5. The van der Waals surface area contributed by atoms with Gasteiger partial charge >= 0.3 is 17.1 Å². The minimum atomic E-state index is 0. The van der Waals surface area contributed by atoms with Gasteiger partial charge in [-0.2, -0.15) is 0 Å². The van der Waals surface area contributed by atoms with Crippen LogP contribution in [0.25, 0.3) is 5.32 Å². The zero-order valence-electron chi connectivity index (χ0n) is 31.1. The molecule has 4 rings (SSSR count). The van der Waals surface area contributed by atoms with E-state index >= 15 is 0 Å². The smallest absolute Gasteiger partial charge is 1.00 e. The van der Waals surface area contributed by atoms with Crippen LogP contribution in [0.3, 0.4) is 0 Å². The Morgan fingerprint density at radius 3 is 1.84 bits per heavy atom. The molecule has 0 amide bonds. The first kappa shape index (κ1) is 62.7. The molecule has 2 aliphatic carbocycles. The molecule has 2 fully saturated rings. The molecule has 0 spiro atoms. The predicted octanol–water partition coefficient (Wildman–Crippen LogP) is 6.12. The summed E-state index contributed by atoms with van der Waals surface area (Å²) in [6, 6.07) is 11.1. The van der Waals surface area contributed by atoms with Gasteiger partial charge in [0.15, 0.2) is 0 Å². The number of hydrogen-bond acceptors (Lipinski definition) is 6. The van der Waals surface area contributed by atoms with Crippen molar-refractivity contribution in [1.29, 1.82) is 0 Å². The van der Waals surface area contributed by atoms with E-state index in [1.807, 2.05) is 31.3 Å². The summed E-state index contributed by atoms with van der Waals surface area (Å²) in [7, 11) is 4.31. The SMILES string of the molecule is C/C=C(/CC)OC.C1CCCC1.COc1c(C)cc(PC2CCCC2[C@@H](C)[N-]Cc2ccccn2)cc1C.[Br-].[CH-]=O.[CH-]=O.[CH-]=O.[CH3-].[CH3-].[Fe+2].[Mn]. The van der Waals surface area contributed by atoms with Crippen LogP contribution in [0.15, 0.2) is 48.4 Å². The summed E-state index contributed by atoms with van der Waals surface area (Å²) < 4.78 is 10.4. The van der Waals surface area contributed by atoms with Crippen molar-refractivity contribution >= 4 is 34.3 Å². The van der Waals surface area contributed by atoms with Gasteiger partial charge < -0.3 is 61.0 Å². The number of pyridine rings is 1. The van der Waals surface area contributed by atoms with Gasteiger partial charge in [0.25, 0.3) is 0 Å². The van der Waals surface area contributed by atoms with Gasteiger partial charge in [0.05, 0.1) is 20.0 Å². The number of methoxy groups -OCH3 is 2. The van der Waals surface area contributed by atoms with E-state index in [2.05, 4.69) is 71.2 Å². The molecule has 1 heterocycles. The Morgan fingerprint density at radius 1 is 0.959 bits per heavy atom. The van der Waals surface area contributed by atoms with Crippen molar-refractivity contribution in [2.24, 2.45) is 5.92 Å². The molecule has 0 N–H and O–H groups in total. The monoisotopic (exact) mass is 846 g/mol. The second-order valence-corrected chi connectivity index (χ2v) is 12.1. The number of allylic oxidation sites excluding steroid dienone is 2. The third-order valence-corrected chi connectivity index (χ3v) is 9.37. The van der Waals surface area contributed by atoms with Crippen molar-refractivity contribution in [1.82, 2.24) is 4.98 Å².